The number of nitrogens with one attached hydrogen (secondary N) is 1. The van der Waals surface area contributed by atoms with Gasteiger partial charge in [-0.3, -0.25) is 4.98 Å². The van der Waals surface area contributed by atoms with Gasteiger partial charge >= 0.3 is 0 Å². The fraction of sp³-hybridized carbons (Fsp3) is 0.688. The molecule has 0 aromatic carbocycles. The van der Waals surface area contributed by atoms with Crippen molar-refractivity contribution in [1.29, 1.82) is 0 Å². The van der Waals surface area contributed by atoms with Crippen LogP contribution in [0.4, 0.5) is 4.39 Å². The summed E-state index contributed by atoms with van der Waals surface area (Å²) in [6.07, 6.45) is 2.90. The highest BCUT2D eigenvalue weighted by Crippen LogP contribution is 2.20. The van der Waals surface area contributed by atoms with Gasteiger partial charge in [-0.2, -0.15) is 0 Å². The molecule has 1 saturated heterocycles. The lowest BCUT2D eigenvalue weighted by molar-refractivity contribution is 0.0337. The molecule has 1 aromatic rings. The second kappa shape index (κ2) is 7.82. The summed E-state index contributed by atoms with van der Waals surface area (Å²) in [6, 6.07) is 3.37. The predicted molar refractivity (Wildman–Crippen MR) is 81.5 cm³/mol. The highest BCUT2D eigenvalue weighted by atomic mass is 19.1. The molecule has 4 nitrogen and oxygen atoms in total. The Bertz CT molecular complexity index is 426. The van der Waals surface area contributed by atoms with Crippen molar-refractivity contribution in [3.05, 3.63) is 29.8 Å². The smallest absolute Gasteiger partial charge is 0.141 e. The van der Waals surface area contributed by atoms with Gasteiger partial charge in [0, 0.05) is 19.6 Å². The number of likely N-dealkylation sites (tertiary alicyclic amines) is 1. The van der Waals surface area contributed by atoms with Crippen LogP contribution in [0.25, 0.3) is 0 Å². The first-order valence-corrected chi connectivity index (χ1v) is 7.85. The van der Waals surface area contributed by atoms with Crippen molar-refractivity contribution in [3.8, 4) is 0 Å². The zero-order valence-corrected chi connectivity index (χ0v) is 12.9. The number of halogens is 1. The standard InChI is InChI=1S/C16H26FN3O/c1-3-18-15(14-5-4-13(17)10-19-14)6-8-20-9-7-16(21)12(2)11-20/h4-5,10,12,15-16,18,21H,3,6-9,11H2,1-2H3. The lowest BCUT2D eigenvalue weighted by Crippen LogP contribution is -2.43. The lowest BCUT2D eigenvalue weighted by atomic mass is 9.96. The van der Waals surface area contributed by atoms with Crippen molar-refractivity contribution in [3.63, 3.8) is 0 Å². The molecule has 118 valence electrons. The van der Waals surface area contributed by atoms with E-state index in [4.69, 9.17) is 0 Å². The van der Waals surface area contributed by atoms with Gasteiger partial charge in [0.05, 0.1) is 24.0 Å². The van der Waals surface area contributed by atoms with E-state index in [1.165, 1.54) is 12.3 Å². The summed E-state index contributed by atoms with van der Waals surface area (Å²) in [5, 5.41) is 13.2. The van der Waals surface area contributed by atoms with Gasteiger partial charge in [0.2, 0.25) is 0 Å². The Balaban J connectivity index is 1.89. The Hall–Kier alpha value is -1.04. The van der Waals surface area contributed by atoms with Gasteiger partial charge in [0.25, 0.3) is 0 Å². The molecule has 1 aliphatic heterocycles. The molecule has 2 N–H and O–H groups in total. The molecule has 0 saturated carbocycles. The van der Waals surface area contributed by atoms with Crippen LogP contribution in [0.1, 0.15) is 38.4 Å². The Morgan fingerprint density at radius 1 is 1.52 bits per heavy atom. The highest BCUT2D eigenvalue weighted by molar-refractivity contribution is 5.10. The summed E-state index contributed by atoms with van der Waals surface area (Å²) >= 11 is 0. The van der Waals surface area contributed by atoms with Crippen molar-refractivity contribution in [1.82, 2.24) is 15.2 Å². The number of hydrogen-bond donors (Lipinski definition) is 2. The fourth-order valence-electron chi connectivity index (χ4n) is 2.93. The largest absolute Gasteiger partial charge is 0.393 e. The molecule has 0 bridgehead atoms. The first-order valence-electron chi connectivity index (χ1n) is 7.85. The molecule has 0 spiro atoms. The topological polar surface area (TPSA) is 48.4 Å². The molecule has 1 aromatic heterocycles. The van der Waals surface area contributed by atoms with Gasteiger partial charge in [-0.05, 0) is 37.4 Å². The minimum atomic E-state index is -0.298. The van der Waals surface area contributed by atoms with E-state index < -0.39 is 0 Å². The molecular formula is C16H26FN3O. The van der Waals surface area contributed by atoms with E-state index >= 15 is 0 Å². The van der Waals surface area contributed by atoms with Gasteiger partial charge in [0.1, 0.15) is 5.82 Å². The zero-order valence-electron chi connectivity index (χ0n) is 12.9. The monoisotopic (exact) mass is 295 g/mol. The van der Waals surface area contributed by atoms with E-state index in [-0.39, 0.29) is 18.0 Å². The minimum Gasteiger partial charge on any atom is -0.393 e. The van der Waals surface area contributed by atoms with Crippen LogP contribution < -0.4 is 5.32 Å². The van der Waals surface area contributed by atoms with Crippen molar-refractivity contribution in [2.45, 2.75) is 38.8 Å². The van der Waals surface area contributed by atoms with Crippen molar-refractivity contribution in [2.24, 2.45) is 5.92 Å². The first kappa shape index (κ1) is 16.3. The number of pyridine rings is 1. The van der Waals surface area contributed by atoms with Gasteiger partial charge in [-0.25, -0.2) is 4.39 Å². The summed E-state index contributed by atoms with van der Waals surface area (Å²) in [5.41, 5.74) is 0.892. The lowest BCUT2D eigenvalue weighted by Gasteiger charge is -2.35. The SMILES string of the molecule is CCNC(CCN1CCC(O)C(C)C1)c1ccc(F)cn1. The quantitative estimate of drug-likeness (QED) is 0.842. The summed E-state index contributed by atoms with van der Waals surface area (Å²) in [6.45, 7) is 7.88. The van der Waals surface area contributed by atoms with Crippen molar-refractivity contribution in [2.75, 3.05) is 26.2 Å². The van der Waals surface area contributed by atoms with Crippen molar-refractivity contribution >= 4 is 0 Å². The molecule has 21 heavy (non-hydrogen) atoms. The molecule has 1 aliphatic rings. The number of hydrogen-bond acceptors (Lipinski definition) is 4. The molecular weight excluding hydrogens is 269 g/mol. The second-order valence-corrected chi connectivity index (χ2v) is 5.93. The normalized spacial score (nSPS) is 25.0. The Morgan fingerprint density at radius 2 is 2.33 bits per heavy atom. The molecule has 5 heteroatoms. The van der Waals surface area contributed by atoms with E-state index in [0.717, 1.165) is 44.7 Å². The molecule has 0 amide bonds. The van der Waals surface area contributed by atoms with Crippen LogP contribution in [-0.4, -0.2) is 47.3 Å². The van der Waals surface area contributed by atoms with Crippen LogP contribution in [0.15, 0.2) is 18.3 Å². The van der Waals surface area contributed by atoms with Crippen LogP contribution in [0.3, 0.4) is 0 Å². The molecule has 2 heterocycles. The molecule has 3 unspecified atom stereocenters. The molecule has 2 rings (SSSR count). The van der Waals surface area contributed by atoms with Crippen LogP contribution in [0.2, 0.25) is 0 Å². The summed E-state index contributed by atoms with van der Waals surface area (Å²) in [7, 11) is 0. The van der Waals surface area contributed by atoms with Crippen LogP contribution in [-0.2, 0) is 0 Å². The Labute approximate surface area is 126 Å². The average molecular weight is 295 g/mol. The number of piperidine rings is 1. The highest BCUT2D eigenvalue weighted by Gasteiger charge is 2.24. The number of aliphatic hydroxyl groups is 1. The summed E-state index contributed by atoms with van der Waals surface area (Å²) in [5.74, 6) is 0.0353. The van der Waals surface area contributed by atoms with E-state index in [9.17, 15) is 9.50 Å². The second-order valence-electron chi connectivity index (χ2n) is 5.93. The summed E-state index contributed by atoms with van der Waals surface area (Å²) < 4.78 is 13.0. The van der Waals surface area contributed by atoms with Gasteiger partial charge < -0.3 is 15.3 Å². The van der Waals surface area contributed by atoms with Crippen LogP contribution >= 0.6 is 0 Å². The maximum absolute atomic E-state index is 13.0. The maximum atomic E-state index is 13.0. The fourth-order valence-corrected chi connectivity index (χ4v) is 2.93. The maximum Gasteiger partial charge on any atom is 0.141 e. The Morgan fingerprint density at radius 3 is 2.95 bits per heavy atom. The van der Waals surface area contributed by atoms with E-state index in [1.807, 2.05) is 0 Å². The third kappa shape index (κ3) is 4.73. The van der Waals surface area contributed by atoms with Crippen molar-refractivity contribution < 1.29 is 9.50 Å². The number of rotatable bonds is 6. The molecule has 0 radical (unpaired) electrons. The van der Waals surface area contributed by atoms with Gasteiger partial charge in [0.15, 0.2) is 0 Å². The summed E-state index contributed by atoms with van der Waals surface area (Å²) in [4.78, 5) is 6.59. The zero-order chi connectivity index (χ0) is 15.2. The van der Waals surface area contributed by atoms with E-state index in [1.54, 1.807) is 6.07 Å². The Kier molecular flexibility index (Phi) is 6.08. The van der Waals surface area contributed by atoms with Crippen LogP contribution in [0.5, 0.6) is 0 Å². The van der Waals surface area contributed by atoms with Crippen LogP contribution in [0, 0.1) is 11.7 Å². The average Bonchev–Trinajstić information content (AvgIpc) is 2.48. The van der Waals surface area contributed by atoms with Gasteiger partial charge in [-0.1, -0.05) is 13.8 Å². The minimum absolute atomic E-state index is 0.151. The molecule has 3 atom stereocenters. The first-order chi connectivity index (χ1) is 10.1. The number of aliphatic hydroxyl groups excluding tert-OH is 1. The number of aromatic nitrogens is 1. The third-order valence-electron chi connectivity index (χ3n) is 4.24. The van der Waals surface area contributed by atoms with Gasteiger partial charge in [-0.15, -0.1) is 0 Å². The van der Waals surface area contributed by atoms with E-state index in [2.05, 4.69) is 29.0 Å². The third-order valence-corrected chi connectivity index (χ3v) is 4.24. The number of nitrogens with zero attached hydrogens (tertiary/aromatic N) is 2. The molecule has 1 fully saturated rings. The molecule has 0 aliphatic carbocycles. The predicted octanol–water partition coefficient (Wildman–Crippen LogP) is 1.96. The van der Waals surface area contributed by atoms with E-state index in [0.29, 0.717) is 5.92 Å².